The standard InChI is InChI=1S/C19H19N3O3/c1-24-17-5-3-2-4-13(17)10-11-21-18(23)16-12-25-19(22-16)14-6-8-15(20)9-7-14/h2-9,12H,10-11,20H2,1H3,(H,21,23). The maximum Gasteiger partial charge on any atom is 0.273 e. The molecule has 6 nitrogen and oxygen atoms in total. The molecule has 0 bridgehead atoms. The van der Waals surface area contributed by atoms with Gasteiger partial charge in [-0.2, -0.15) is 0 Å². The van der Waals surface area contributed by atoms with Crippen LogP contribution in [0.25, 0.3) is 11.5 Å². The summed E-state index contributed by atoms with van der Waals surface area (Å²) in [5.74, 6) is 0.916. The highest BCUT2D eigenvalue weighted by molar-refractivity contribution is 5.92. The van der Waals surface area contributed by atoms with Crippen molar-refractivity contribution in [3.05, 3.63) is 66.1 Å². The number of aromatic nitrogens is 1. The molecule has 0 aliphatic heterocycles. The molecule has 25 heavy (non-hydrogen) atoms. The van der Waals surface area contributed by atoms with E-state index in [9.17, 15) is 4.79 Å². The van der Waals surface area contributed by atoms with Crippen LogP contribution in [0.3, 0.4) is 0 Å². The zero-order chi connectivity index (χ0) is 17.6. The van der Waals surface area contributed by atoms with Gasteiger partial charge in [-0.15, -0.1) is 0 Å². The molecule has 0 aliphatic carbocycles. The second-order valence-electron chi connectivity index (χ2n) is 5.48. The molecule has 3 N–H and O–H groups in total. The summed E-state index contributed by atoms with van der Waals surface area (Å²) in [6.07, 6.45) is 2.02. The number of benzene rings is 2. The summed E-state index contributed by atoms with van der Waals surface area (Å²) in [5.41, 5.74) is 8.36. The lowest BCUT2D eigenvalue weighted by Gasteiger charge is -2.08. The highest BCUT2D eigenvalue weighted by atomic mass is 16.5. The summed E-state index contributed by atoms with van der Waals surface area (Å²) < 4.78 is 10.7. The van der Waals surface area contributed by atoms with Gasteiger partial charge in [-0.3, -0.25) is 4.79 Å². The molecule has 1 heterocycles. The molecule has 6 heteroatoms. The van der Waals surface area contributed by atoms with Crippen molar-refractivity contribution in [2.75, 3.05) is 19.4 Å². The normalized spacial score (nSPS) is 10.4. The Morgan fingerprint density at radius 3 is 2.72 bits per heavy atom. The Hall–Kier alpha value is -3.28. The fourth-order valence-corrected chi connectivity index (χ4v) is 2.45. The van der Waals surface area contributed by atoms with Crippen molar-refractivity contribution in [1.29, 1.82) is 0 Å². The van der Waals surface area contributed by atoms with Crippen molar-refractivity contribution in [2.45, 2.75) is 6.42 Å². The fraction of sp³-hybridized carbons (Fsp3) is 0.158. The molecule has 1 amide bonds. The molecule has 3 rings (SSSR count). The van der Waals surface area contributed by atoms with E-state index in [2.05, 4.69) is 10.3 Å². The van der Waals surface area contributed by atoms with Crippen molar-refractivity contribution >= 4 is 11.6 Å². The third-order valence-corrected chi connectivity index (χ3v) is 3.77. The third-order valence-electron chi connectivity index (χ3n) is 3.77. The topological polar surface area (TPSA) is 90.4 Å². The van der Waals surface area contributed by atoms with E-state index in [1.807, 2.05) is 24.3 Å². The van der Waals surface area contributed by atoms with E-state index in [0.717, 1.165) is 16.9 Å². The van der Waals surface area contributed by atoms with Gasteiger partial charge in [0.15, 0.2) is 5.69 Å². The minimum atomic E-state index is -0.277. The molecule has 0 spiro atoms. The minimum absolute atomic E-state index is 0.242. The number of carbonyl (C=O) groups is 1. The molecule has 0 atom stereocenters. The van der Waals surface area contributed by atoms with Crippen molar-refractivity contribution in [2.24, 2.45) is 0 Å². The van der Waals surface area contributed by atoms with Crippen LogP contribution >= 0.6 is 0 Å². The molecule has 128 valence electrons. The average molecular weight is 337 g/mol. The van der Waals surface area contributed by atoms with Gasteiger partial charge in [0.2, 0.25) is 5.89 Å². The first kappa shape index (κ1) is 16.6. The number of para-hydroxylation sites is 1. The van der Waals surface area contributed by atoms with Gasteiger partial charge in [0.05, 0.1) is 7.11 Å². The van der Waals surface area contributed by atoms with Gasteiger partial charge in [0.1, 0.15) is 12.0 Å². The fourth-order valence-electron chi connectivity index (χ4n) is 2.45. The van der Waals surface area contributed by atoms with Gasteiger partial charge < -0.3 is 20.2 Å². The van der Waals surface area contributed by atoms with Crippen molar-refractivity contribution in [3.8, 4) is 17.2 Å². The Morgan fingerprint density at radius 2 is 1.96 bits per heavy atom. The second-order valence-corrected chi connectivity index (χ2v) is 5.48. The molecule has 0 aliphatic rings. The number of methoxy groups -OCH3 is 1. The molecule has 2 aromatic carbocycles. The maximum absolute atomic E-state index is 12.2. The number of hydrogen-bond acceptors (Lipinski definition) is 5. The summed E-state index contributed by atoms with van der Waals surface area (Å²) in [6.45, 7) is 0.475. The summed E-state index contributed by atoms with van der Waals surface area (Å²) in [7, 11) is 1.63. The van der Waals surface area contributed by atoms with E-state index in [1.165, 1.54) is 6.26 Å². The lowest BCUT2D eigenvalue weighted by molar-refractivity contribution is 0.0949. The lowest BCUT2D eigenvalue weighted by atomic mass is 10.1. The van der Waals surface area contributed by atoms with Gasteiger partial charge >= 0.3 is 0 Å². The Bertz CT molecular complexity index is 856. The Labute approximate surface area is 145 Å². The van der Waals surface area contributed by atoms with Crippen LogP contribution < -0.4 is 15.8 Å². The summed E-state index contributed by atoms with van der Waals surface area (Å²) in [5, 5.41) is 2.84. The van der Waals surface area contributed by atoms with Crippen LogP contribution in [-0.2, 0) is 6.42 Å². The molecule has 0 unspecified atom stereocenters. The predicted molar refractivity (Wildman–Crippen MR) is 95.4 cm³/mol. The van der Waals surface area contributed by atoms with Crippen LogP contribution in [0, 0.1) is 0 Å². The maximum atomic E-state index is 12.2. The van der Waals surface area contributed by atoms with Gasteiger partial charge in [0.25, 0.3) is 5.91 Å². The van der Waals surface area contributed by atoms with E-state index in [1.54, 1.807) is 31.4 Å². The number of rotatable bonds is 6. The van der Waals surface area contributed by atoms with Crippen LogP contribution in [0.2, 0.25) is 0 Å². The summed E-state index contributed by atoms with van der Waals surface area (Å²) in [4.78, 5) is 16.4. The van der Waals surface area contributed by atoms with Gasteiger partial charge in [0, 0.05) is 17.8 Å². The van der Waals surface area contributed by atoms with E-state index < -0.39 is 0 Å². The number of nitrogens with zero attached hydrogens (tertiary/aromatic N) is 1. The van der Waals surface area contributed by atoms with Gasteiger partial charge in [-0.05, 0) is 42.3 Å². The molecule has 0 saturated carbocycles. The van der Waals surface area contributed by atoms with Crippen LogP contribution in [-0.4, -0.2) is 24.5 Å². The lowest BCUT2D eigenvalue weighted by Crippen LogP contribution is -2.26. The van der Waals surface area contributed by atoms with Crippen LogP contribution in [0.1, 0.15) is 16.1 Å². The largest absolute Gasteiger partial charge is 0.496 e. The smallest absolute Gasteiger partial charge is 0.273 e. The molecular weight excluding hydrogens is 318 g/mol. The SMILES string of the molecule is COc1ccccc1CCNC(=O)c1coc(-c2ccc(N)cc2)n1. The van der Waals surface area contributed by atoms with Gasteiger partial charge in [-0.25, -0.2) is 4.98 Å². The summed E-state index contributed by atoms with van der Waals surface area (Å²) in [6, 6.07) is 14.8. The number of nitrogens with one attached hydrogen (secondary N) is 1. The first-order valence-electron chi connectivity index (χ1n) is 7.89. The Morgan fingerprint density at radius 1 is 1.20 bits per heavy atom. The monoisotopic (exact) mass is 337 g/mol. The molecular formula is C19H19N3O3. The first-order chi connectivity index (χ1) is 12.2. The number of anilines is 1. The van der Waals surface area contributed by atoms with Crippen molar-refractivity contribution in [1.82, 2.24) is 10.3 Å². The van der Waals surface area contributed by atoms with E-state index >= 15 is 0 Å². The van der Waals surface area contributed by atoms with Crippen molar-refractivity contribution in [3.63, 3.8) is 0 Å². The van der Waals surface area contributed by atoms with Crippen LogP contribution in [0.15, 0.2) is 59.2 Å². The highest BCUT2D eigenvalue weighted by Crippen LogP contribution is 2.20. The number of oxazole rings is 1. The molecule has 0 fully saturated rings. The number of hydrogen-bond donors (Lipinski definition) is 2. The third kappa shape index (κ3) is 3.98. The first-order valence-corrected chi connectivity index (χ1v) is 7.89. The number of nitrogens with two attached hydrogens (primary N) is 1. The highest BCUT2D eigenvalue weighted by Gasteiger charge is 2.13. The number of carbonyl (C=O) groups excluding carboxylic acids is 1. The Balaban J connectivity index is 1.59. The zero-order valence-corrected chi connectivity index (χ0v) is 13.9. The van der Waals surface area contributed by atoms with Crippen LogP contribution in [0.5, 0.6) is 5.75 Å². The molecule has 0 radical (unpaired) electrons. The van der Waals surface area contributed by atoms with Crippen molar-refractivity contribution < 1.29 is 13.9 Å². The van der Waals surface area contributed by atoms with E-state index in [-0.39, 0.29) is 11.6 Å². The molecule has 3 aromatic rings. The predicted octanol–water partition coefficient (Wildman–Crippen LogP) is 2.90. The van der Waals surface area contributed by atoms with E-state index in [0.29, 0.717) is 24.5 Å². The van der Waals surface area contributed by atoms with Crippen LogP contribution in [0.4, 0.5) is 5.69 Å². The van der Waals surface area contributed by atoms with Gasteiger partial charge in [-0.1, -0.05) is 18.2 Å². The molecule has 0 saturated heterocycles. The molecule has 1 aromatic heterocycles. The minimum Gasteiger partial charge on any atom is -0.496 e. The Kier molecular flexibility index (Phi) is 4.99. The second kappa shape index (κ2) is 7.53. The quantitative estimate of drug-likeness (QED) is 0.675. The summed E-state index contributed by atoms with van der Waals surface area (Å²) >= 11 is 0. The number of amides is 1. The average Bonchev–Trinajstić information content (AvgIpc) is 3.13. The zero-order valence-electron chi connectivity index (χ0n) is 13.9. The number of nitrogen functional groups attached to an aromatic ring is 1. The number of ether oxygens (including phenoxy) is 1. The van der Waals surface area contributed by atoms with E-state index in [4.69, 9.17) is 14.9 Å².